The molecule has 1 aliphatic rings. The maximum atomic E-state index is 12.3. The molecule has 2 amide bonds. The van der Waals surface area contributed by atoms with Gasteiger partial charge in [-0.25, -0.2) is 0 Å². The molecule has 0 aromatic heterocycles. The first-order valence-electron chi connectivity index (χ1n) is 9.41. The van der Waals surface area contributed by atoms with Crippen LogP contribution in [0, 0.1) is 0 Å². The van der Waals surface area contributed by atoms with Crippen molar-refractivity contribution in [2.75, 3.05) is 19.7 Å². The van der Waals surface area contributed by atoms with E-state index in [2.05, 4.69) is 12.2 Å². The highest BCUT2D eigenvalue weighted by Crippen LogP contribution is 2.15. The van der Waals surface area contributed by atoms with E-state index in [1.165, 1.54) is 5.56 Å². The summed E-state index contributed by atoms with van der Waals surface area (Å²) in [5, 5.41) is 3.04. The molecule has 1 fully saturated rings. The van der Waals surface area contributed by atoms with Crippen LogP contribution >= 0.6 is 0 Å². The Hall–Kier alpha value is -2.04. The molecule has 1 N–H and O–H groups in total. The van der Waals surface area contributed by atoms with Crippen molar-refractivity contribution in [3.05, 3.63) is 29.8 Å². The van der Waals surface area contributed by atoms with E-state index in [0.29, 0.717) is 19.5 Å². The van der Waals surface area contributed by atoms with Crippen molar-refractivity contribution < 1.29 is 14.3 Å². The van der Waals surface area contributed by atoms with Crippen LogP contribution in [0.4, 0.5) is 0 Å². The monoisotopic (exact) mass is 346 g/mol. The molecule has 0 spiro atoms. The van der Waals surface area contributed by atoms with Gasteiger partial charge in [-0.2, -0.15) is 0 Å². The molecule has 138 valence electrons. The summed E-state index contributed by atoms with van der Waals surface area (Å²) in [5.74, 6) is 0.855. The predicted octanol–water partition coefficient (Wildman–Crippen LogP) is 2.93. The first-order chi connectivity index (χ1) is 12.1. The highest BCUT2D eigenvalue weighted by atomic mass is 16.5. The second kappa shape index (κ2) is 10.1. The molecule has 5 nitrogen and oxygen atoms in total. The Morgan fingerprint density at radius 2 is 1.80 bits per heavy atom. The molecular weight excluding hydrogens is 316 g/mol. The fraction of sp³-hybridized carbons (Fsp3) is 0.600. The minimum Gasteiger partial charge on any atom is -0.484 e. The number of carbonyl (C=O) groups excluding carboxylic acids is 2. The molecule has 0 aliphatic carbocycles. The van der Waals surface area contributed by atoms with Crippen molar-refractivity contribution in [3.63, 3.8) is 0 Å². The zero-order valence-electron chi connectivity index (χ0n) is 15.4. The molecule has 1 aromatic rings. The maximum Gasteiger partial charge on any atom is 0.260 e. The summed E-state index contributed by atoms with van der Waals surface area (Å²) in [4.78, 5) is 25.8. The number of piperidine rings is 1. The van der Waals surface area contributed by atoms with Crippen LogP contribution in [0.3, 0.4) is 0 Å². The van der Waals surface area contributed by atoms with Gasteiger partial charge >= 0.3 is 0 Å². The van der Waals surface area contributed by atoms with Crippen molar-refractivity contribution in [2.24, 2.45) is 0 Å². The first kappa shape index (κ1) is 19.3. The van der Waals surface area contributed by atoms with Crippen LogP contribution in [0.2, 0.25) is 0 Å². The maximum absolute atomic E-state index is 12.3. The number of likely N-dealkylation sites (tertiary alicyclic amines) is 1. The number of ether oxygens (including phenoxy) is 1. The molecule has 0 atom stereocenters. The molecule has 1 aliphatic heterocycles. The molecule has 1 aromatic carbocycles. The van der Waals surface area contributed by atoms with Gasteiger partial charge in [0, 0.05) is 25.6 Å². The first-order valence-corrected chi connectivity index (χ1v) is 9.41. The van der Waals surface area contributed by atoms with Gasteiger partial charge in [0.25, 0.3) is 5.91 Å². The normalized spacial score (nSPS) is 15.0. The fourth-order valence-electron chi connectivity index (χ4n) is 3.08. The summed E-state index contributed by atoms with van der Waals surface area (Å²) in [6, 6.07) is 8.14. The third-order valence-electron chi connectivity index (χ3n) is 4.51. The van der Waals surface area contributed by atoms with Gasteiger partial charge in [0.05, 0.1) is 0 Å². The van der Waals surface area contributed by atoms with Gasteiger partial charge in [0.1, 0.15) is 5.75 Å². The van der Waals surface area contributed by atoms with E-state index in [1.54, 1.807) is 0 Å². The van der Waals surface area contributed by atoms with Crippen molar-refractivity contribution in [2.45, 2.75) is 58.4 Å². The smallest absolute Gasteiger partial charge is 0.260 e. The molecular formula is C20H30N2O3. The lowest BCUT2D eigenvalue weighted by atomic mass is 10.0. The third kappa shape index (κ3) is 6.40. The van der Waals surface area contributed by atoms with E-state index in [-0.39, 0.29) is 24.5 Å². The summed E-state index contributed by atoms with van der Waals surface area (Å²) in [6.45, 7) is 5.57. The summed E-state index contributed by atoms with van der Waals surface area (Å²) >= 11 is 0. The second-order valence-corrected chi connectivity index (χ2v) is 6.66. The highest BCUT2D eigenvalue weighted by molar-refractivity contribution is 5.78. The molecule has 0 saturated carbocycles. The standard InChI is InChI=1S/C20H30N2O3/c1-3-5-16-7-9-18(10-8-16)25-15-20(24)22-13-11-17(12-14-22)21-19(23)6-4-2/h7-10,17H,3-6,11-15H2,1-2H3,(H,21,23). The number of benzene rings is 1. The Morgan fingerprint density at radius 3 is 2.40 bits per heavy atom. The van der Waals surface area contributed by atoms with Gasteiger partial charge in [-0.05, 0) is 43.4 Å². The van der Waals surface area contributed by atoms with Crippen LogP contribution in [0.1, 0.15) is 51.5 Å². The van der Waals surface area contributed by atoms with Gasteiger partial charge in [-0.3, -0.25) is 9.59 Å². The number of hydrogen-bond donors (Lipinski definition) is 1. The van der Waals surface area contributed by atoms with E-state index in [1.807, 2.05) is 36.1 Å². The van der Waals surface area contributed by atoms with E-state index in [0.717, 1.165) is 37.9 Å². The van der Waals surface area contributed by atoms with Crippen LogP contribution in [-0.4, -0.2) is 42.5 Å². The molecule has 25 heavy (non-hydrogen) atoms. The van der Waals surface area contributed by atoms with E-state index >= 15 is 0 Å². The molecule has 2 rings (SSSR count). The Kier molecular flexibility index (Phi) is 7.76. The van der Waals surface area contributed by atoms with Gasteiger partial charge in [0.15, 0.2) is 6.61 Å². The average molecular weight is 346 g/mol. The molecule has 5 heteroatoms. The second-order valence-electron chi connectivity index (χ2n) is 6.66. The minimum absolute atomic E-state index is 0.0102. The number of amides is 2. The Bertz CT molecular complexity index is 549. The lowest BCUT2D eigenvalue weighted by molar-refractivity contribution is -0.134. The van der Waals surface area contributed by atoms with E-state index in [9.17, 15) is 9.59 Å². The van der Waals surface area contributed by atoms with Gasteiger partial charge < -0.3 is 15.0 Å². The Balaban J connectivity index is 1.70. The highest BCUT2D eigenvalue weighted by Gasteiger charge is 2.23. The zero-order chi connectivity index (χ0) is 18.1. The molecule has 0 radical (unpaired) electrons. The van der Waals surface area contributed by atoms with Crippen molar-refractivity contribution in [1.82, 2.24) is 10.2 Å². The van der Waals surface area contributed by atoms with Gasteiger partial charge in [-0.1, -0.05) is 32.4 Å². The summed E-state index contributed by atoms with van der Waals surface area (Å²) < 4.78 is 5.62. The molecule has 0 bridgehead atoms. The number of hydrogen-bond acceptors (Lipinski definition) is 3. The summed E-state index contributed by atoms with van der Waals surface area (Å²) in [5.41, 5.74) is 1.29. The fourth-order valence-corrected chi connectivity index (χ4v) is 3.08. The molecule has 1 heterocycles. The average Bonchev–Trinajstić information content (AvgIpc) is 2.62. The Morgan fingerprint density at radius 1 is 1.12 bits per heavy atom. The van der Waals surface area contributed by atoms with Crippen LogP contribution in [0.25, 0.3) is 0 Å². The van der Waals surface area contributed by atoms with E-state index < -0.39 is 0 Å². The number of nitrogens with zero attached hydrogens (tertiary/aromatic N) is 1. The van der Waals surface area contributed by atoms with E-state index in [4.69, 9.17) is 4.74 Å². The largest absolute Gasteiger partial charge is 0.484 e. The van der Waals surface area contributed by atoms with Crippen LogP contribution in [0.15, 0.2) is 24.3 Å². The Labute approximate surface area is 150 Å². The molecule has 1 saturated heterocycles. The topological polar surface area (TPSA) is 58.6 Å². The lowest BCUT2D eigenvalue weighted by Crippen LogP contribution is -2.47. The number of rotatable bonds is 8. The number of nitrogens with one attached hydrogen (secondary N) is 1. The summed E-state index contributed by atoms with van der Waals surface area (Å²) in [7, 11) is 0. The molecule has 0 unspecified atom stereocenters. The van der Waals surface area contributed by atoms with Crippen LogP contribution in [-0.2, 0) is 16.0 Å². The van der Waals surface area contributed by atoms with Gasteiger partial charge in [-0.15, -0.1) is 0 Å². The third-order valence-corrected chi connectivity index (χ3v) is 4.51. The lowest BCUT2D eigenvalue weighted by Gasteiger charge is -2.32. The van der Waals surface area contributed by atoms with Crippen LogP contribution in [0.5, 0.6) is 5.75 Å². The van der Waals surface area contributed by atoms with Gasteiger partial charge in [0.2, 0.25) is 5.91 Å². The summed E-state index contributed by atoms with van der Waals surface area (Å²) in [6.07, 6.45) is 5.24. The SMILES string of the molecule is CCCC(=O)NC1CCN(C(=O)COc2ccc(CCC)cc2)CC1. The number of aryl methyl sites for hydroxylation is 1. The van der Waals surface area contributed by atoms with Crippen LogP contribution < -0.4 is 10.1 Å². The quantitative estimate of drug-likeness (QED) is 0.787. The van der Waals surface area contributed by atoms with Crippen molar-refractivity contribution >= 4 is 11.8 Å². The van der Waals surface area contributed by atoms with Crippen molar-refractivity contribution in [3.8, 4) is 5.75 Å². The van der Waals surface area contributed by atoms with Crippen molar-refractivity contribution in [1.29, 1.82) is 0 Å². The number of carbonyl (C=O) groups is 2. The minimum atomic E-state index is 0.0102. The predicted molar refractivity (Wildman–Crippen MR) is 98.6 cm³/mol. The zero-order valence-corrected chi connectivity index (χ0v) is 15.4.